The Labute approximate surface area is 134 Å². The summed E-state index contributed by atoms with van der Waals surface area (Å²) >= 11 is 9.59. The number of carboxylic acids is 1. The number of carboxylic acid groups (broad SMARTS) is 1. The summed E-state index contributed by atoms with van der Waals surface area (Å²) in [5.74, 6) is -1.43. The lowest BCUT2D eigenvalue weighted by Crippen LogP contribution is -2.33. The average Bonchev–Trinajstić information content (AvgIpc) is 2.65. The number of thioether (sulfide) groups is 1. The molecule has 1 aliphatic rings. The summed E-state index contributed by atoms with van der Waals surface area (Å²) in [5, 5.41) is 8.80. The molecule has 1 heterocycles. The predicted molar refractivity (Wildman–Crippen MR) is 86.3 cm³/mol. The van der Waals surface area contributed by atoms with E-state index in [1.54, 1.807) is 0 Å². The Morgan fingerprint density at radius 3 is 2.80 bits per heavy atom. The summed E-state index contributed by atoms with van der Waals surface area (Å²) in [6, 6.07) is 7.57. The van der Waals surface area contributed by atoms with Crippen molar-refractivity contribution in [2.24, 2.45) is 0 Å². The zero-order valence-corrected chi connectivity index (χ0v) is 13.6. The standard InChI is InChI=1S/C13H10BrNO3S2/c1-7(8-3-2-4-9(14)5-8)11-12(18)15(6-10(16)17)13(19)20-11/h2-5H,6H2,1H3,(H,16,17). The van der Waals surface area contributed by atoms with Gasteiger partial charge < -0.3 is 5.11 Å². The van der Waals surface area contributed by atoms with E-state index in [1.165, 1.54) is 0 Å². The van der Waals surface area contributed by atoms with Crippen LogP contribution in [0.4, 0.5) is 0 Å². The summed E-state index contributed by atoms with van der Waals surface area (Å²) in [6.07, 6.45) is 0. The van der Waals surface area contributed by atoms with Crippen LogP contribution in [0.15, 0.2) is 33.6 Å². The first-order valence-corrected chi connectivity index (χ1v) is 7.64. The third kappa shape index (κ3) is 3.11. The van der Waals surface area contributed by atoms with Crippen LogP contribution in [0.1, 0.15) is 12.5 Å². The third-order valence-corrected chi connectivity index (χ3v) is 4.78. The summed E-state index contributed by atoms with van der Waals surface area (Å²) in [4.78, 5) is 24.6. The smallest absolute Gasteiger partial charge is 0.323 e. The molecule has 0 bridgehead atoms. The van der Waals surface area contributed by atoms with Crippen molar-refractivity contribution >= 4 is 61.7 Å². The van der Waals surface area contributed by atoms with Gasteiger partial charge in [-0.05, 0) is 30.2 Å². The van der Waals surface area contributed by atoms with Gasteiger partial charge >= 0.3 is 5.97 Å². The van der Waals surface area contributed by atoms with Gasteiger partial charge in [-0.25, -0.2) is 0 Å². The van der Waals surface area contributed by atoms with Gasteiger partial charge in [0.25, 0.3) is 5.91 Å². The Morgan fingerprint density at radius 1 is 1.50 bits per heavy atom. The molecule has 1 saturated heterocycles. The number of halogens is 1. The van der Waals surface area contributed by atoms with Crippen molar-refractivity contribution in [3.8, 4) is 0 Å². The van der Waals surface area contributed by atoms with E-state index in [4.69, 9.17) is 17.3 Å². The Hall–Kier alpha value is -1.18. The fourth-order valence-corrected chi connectivity index (χ4v) is 3.45. The van der Waals surface area contributed by atoms with Crippen LogP contribution >= 0.6 is 39.9 Å². The van der Waals surface area contributed by atoms with Crippen LogP contribution in [0, 0.1) is 0 Å². The first-order valence-electron chi connectivity index (χ1n) is 5.62. The molecule has 4 nitrogen and oxygen atoms in total. The highest BCUT2D eigenvalue weighted by Gasteiger charge is 2.34. The van der Waals surface area contributed by atoms with Crippen molar-refractivity contribution in [1.29, 1.82) is 0 Å². The number of amides is 1. The molecule has 2 rings (SSSR count). The molecule has 0 aromatic heterocycles. The second kappa shape index (κ2) is 6.07. The topological polar surface area (TPSA) is 57.6 Å². The van der Waals surface area contributed by atoms with Gasteiger partial charge in [-0.15, -0.1) is 0 Å². The lowest BCUT2D eigenvalue weighted by molar-refractivity contribution is -0.140. The van der Waals surface area contributed by atoms with E-state index >= 15 is 0 Å². The van der Waals surface area contributed by atoms with Crippen LogP contribution in [-0.2, 0) is 9.59 Å². The molecule has 0 saturated carbocycles. The maximum atomic E-state index is 12.2. The molecule has 0 radical (unpaired) electrons. The van der Waals surface area contributed by atoms with Gasteiger partial charge in [0.2, 0.25) is 0 Å². The normalized spacial score (nSPS) is 17.6. The van der Waals surface area contributed by atoms with Crippen molar-refractivity contribution in [1.82, 2.24) is 4.90 Å². The van der Waals surface area contributed by atoms with E-state index in [0.717, 1.165) is 32.3 Å². The van der Waals surface area contributed by atoms with Crippen LogP contribution in [-0.4, -0.2) is 32.7 Å². The number of carbonyl (C=O) groups excluding carboxylic acids is 1. The van der Waals surface area contributed by atoms with Crippen LogP contribution < -0.4 is 0 Å². The number of hydrogen-bond donors (Lipinski definition) is 1. The van der Waals surface area contributed by atoms with Gasteiger partial charge in [-0.3, -0.25) is 14.5 Å². The van der Waals surface area contributed by atoms with Gasteiger partial charge in [-0.2, -0.15) is 0 Å². The number of thiocarbonyl (C=S) groups is 1. The van der Waals surface area contributed by atoms with E-state index in [9.17, 15) is 9.59 Å². The number of aliphatic carboxylic acids is 1. The number of benzene rings is 1. The highest BCUT2D eigenvalue weighted by Crippen LogP contribution is 2.36. The summed E-state index contributed by atoms with van der Waals surface area (Å²) in [7, 11) is 0. The fourth-order valence-electron chi connectivity index (χ4n) is 1.75. The minimum Gasteiger partial charge on any atom is -0.480 e. The Bertz CT molecular complexity index is 642. The molecule has 104 valence electrons. The molecule has 0 unspecified atom stereocenters. The van der Waals surface area contributed by atoms with Crippen LogP contribution in [0.5, 0.6) is 0 Å². The second-order valence-corrected chi connectivity index (χ2v) is 6.68. The summed E-state index contributed by atoms with van der Waals surface area (Å²) in [5.41, 5.74) is 1.69. The molecule has 0 atom stereocenters. The highest BCUT2D eigenvalue weighted by molar-refractivity contribution is 9.10. The van der Waals surface area contributed by atoms with Crippen LogP contribution in [0.25, 0.3) is 5.57 Å². The summed E-state index contributed by atoms with van der Waals surface area (Å²) in [6.45, 7) is 1.43. The van der Waals surface area contributed by atoms with Crippen molar-refractivity contribution in [2.75, 3.05) is 6.54 Å². The van der Waals surface area contributed by atoms with Crippen molar-refractivity contribution in [3.63, 3.8) is 0 Å². The number of rotatable bonds is 3. The quantitative estimate of drug-likeness (QED) is 0.653. The molecular formula is C13H10BrNO3S2. The minimum absolute atomic E-state index is 0.279. The van der Waals surface area contributed by atoms with Crippen molar-refractivity contribution in [3.05, 3.63) is 39.2 Å². The van der Waals surface area contributed by atoms with Gasteiger partial charge in [0.15, 0.2) is 0 Å². The molecule has 1 amide bonds. The second-order valence-electron chi connectivity index (χ2n) is 4.12. The average molecular weight is 372 g/mol. The van der Waals surface area contributed by atoms with Gasteiger partial charge in [-0.1, -0.05) is 52.0 Å². The maximum Gasteiger partial charge on any atom is 0.323 e. The molecule has 1 fully saturated rings. The number of carbonyl (C=O) groups is 2. The first-order chi connectivity index (χ1) is 9.40. The zero-order valence-electron chi connectivity index (χ0n) is 10.4. The Balaban J connectivity index is 2.38. The van der Waals surface area contributed by atoms with Gasteiger partial charge in [0.05, 0.1) is 4.91 Å². The summed E-state index contributed by atoms with van der Waals surface area (Å²) < 4.78 is 1.19. The van der Waals surface area contributed by atoms with E-state index in [-0.39, 0.29) is 10.2 Å². The van der Waals surface area contributed by atoms with Gasteiger partial charge in [0, 0.05) is 4.47 Å². The first kappa shape index (κ1) is 15.2. The number of hydrogen-bond acceptors (Lipinski definition) is 4. The molecule has 1 aromatic carbocycles. The van der Waals surface area contributed by atoms with Gasteiger partial charge in [0.1, 0.15) is 10.9 Å². The van der Waals surface area contributed by atoms with Crippen LogP contribution in [0.3, 0.4) is 0 Å². The van der Waals surface area contributed by atoms with E-state index in [1.807, 2.05) is 31.2 Å². The molecule has 0 spiro atoms. The number of nitrogens with zero attached hydrogens (tertiary/aromatic N) is 1. The van der Waals surface area contributed by atoms with Crippen molar-refractivity contribution in [2.45, 2.75) is 6.92 Å². The van der Waals surface area contributed by atoms with E-state index in [0.29, 0.717) is 4.91 Å². The predicted octanol–water partition coefficient (Wildman–Crippen LogP) is 3.13. The third-order valence-electron chi connectivity index (χ3n) is 2.74. The Morgan fingerprint density at radius 2 is 2.20 bits per heavy atom. The number of allylic oxidation sites excluding steroid dienone is 1. The molecule has 7 heteroatoms. The minimum atomic E-state index is -1.08. The molecule has 20 heavy (non-hydrogen) atoms. The molecular weight excluding hydrogens is 362 g/mol. The van der Waals surface area contributed by atoms with E-state index < -0.39 is 12.5 Å². The maximum absolute atomic E-state index is 12.2. The monoisotopic (exact) mass is 371 g/mol. The van der Waals surface area contributed by atoms with Crippen LogP contribution in [0.2, 0.25) is 0 Å². The largest absolute Gasteiger partial charge is 0.480 e. The van der Waals surface area contributed by atoms with Crippen molar-refractivity contribution < 1.29 is 14.7 Å². The molecule has 1 aromatic rings. The molecule has 0 aliphatic carbocycles. The SMILES string of the molecule is CC(=C1SC(=S)N(CC(=O)O)C1=O)c1cccc(Br)c1. The highest BCUT2D eigenvalue weighted by atomic mass is 79.9. The van der Waals surface area contributed by atoms with E-state index in [2.05, 4.69) is 15.9 Å². The molecule has 1 aliphatic heterocycles. The fraction of sp³-hybridized carbons (Fsp3) is 0.154. The lowest BCUT2D eigenvalue weighted by Gasteiger charge is -2.10. The molecule has 1 N–H and O–H groups in total. The zero-order chi connectivity index (χ0) is 14.9. The Kier molecular flexibility index (Phi) is 4.62. The lowest BCUT2D eigenvalue weighted by atomic mass is 10.1.